The average molecular weight is 841 g/mol. The van der Waals surface area contributed by atoms with E-state index in [1.54, 1.807) is 105 Å². The largest absolute Gasteiger partial charge is 0.480 e. The molecule has 10 N–H and O–H groups in total. The second-order valence-corrected chi connectivity index (χ2v) is 14.3. The molecule has 61 heavy (non-hydrogen) atoms. The van der Waals surface area contributed by atoms with E-state index in [9.17, 15) is 48.3 Å². The number of carboxylic acid groups (broad SMARTS) is 1. The molecular weight excluding hydrogens is 789 g/mol. The molecular formula is C43H52N8O10. The van der Waals surface area contributed by atoms with E-state index in [1.807, 2.05) is 0 Å². The number of hydrogen-bond donors (Lipinski definition) is 9. The highest BCUT2D eigenvalue weighted by molar-refractivity contribution is 6.00. The topological polar surface area (TPSA) is 284 Å². The lowest BCUT2D eigenvalue weighted by Crippen LogP contribution is -2.58. The van der Waals surface area contributed by atoms with Gasteiger partial charge in [0.25, 0.3) is 0 Å². The van der Waals surface area contributed by atoms with Crippen molar-refractivity contribution in [1.29, 1.82) is 0 Å². The summed E-state index contributed by atoms with van der Waals surface area (Å²) in [5.41, 5.74) is 7.44. The first-order chi connectivity index (χ1) is 29.0. The number of hydrogen-bond acceptors (Lipinski definition) is 9. The van der Waals surface area contributed by atoms with Crippen molar-refractivity contribution in [1.82, 2.24) is 37.2 Å². The van der Waals surface area contributed by atoms with Gasteiger partial charge in [-0.3, -0.25) is 38.4 Å². The van der Waals surface area contributed by atoms with Crippen molar-refractivity contribution in [2.45, 2.75) is 70.2 Å². The number of nitrogens with two attached hydrogens (primary N) is 1. The second kappa shape index (κ2) is 24.5. The Hall–Kier alpha value is -7.37. The second-order valence-electron chi connectivity index (χ2n) is 14.3. The number of primary amides is 1. The maximum atomic E-state index is 13.9. The molecule has 3 aromatic carbocycles. The number of aliphatic carboxylic acids is 1. The Bertz CT molecular complexity index is 2030. The standard InChI is InChI=1S/C43H52N8O10/c1-26(2)38(39(44)56)51-40(57)27(3)47-41(58)32(22-29-15-9-5-10-16-29)50-42(59)31(21-28-13-7-4-8-14-28)48-35(53)20-19-34(52)45-24-36(54)46-25-37(55)49-33(43(60)61)23-30-17-11-6-12-18-30/h4-20,26-27,31-33,38H,21-25H2,1-3H3,(H2,44,56)(H,45,52)(H,46,54)(H,47,58)(H,48,53)(H,49,55)(H,50,59)(H,51,57)(H,60,61). The van der Waals surface area contributed by atoms with Gasteiger partial charge in [-0.15, -0.1) is 0 Å². The van der Waals surface area contributed by atoms with E-state index in [4.69, 9.17) is 5.73 Å². The fraction of sp³-hybridized carbons (Fsp3) is 0.326. The maximum Gasteiger partial charge on any atom is 0.326 e. The van der Waals surface area contributed by atoms with Crippen LogP contribution in [0.4, 0.5) is 0 Å². The van der Waals surface area contributed by atoms with E-state index in [2.05, 4.69) is 37.2 Å². The van der Waals surface area contributed by atoms with Crippen molar-refractivity contribution >= 4 is 53.2 Å². The van der Waals surface area contributed by atoms with E-state index in [0.717, 1.165) is 12.2 Å². The third-order valence-electron chi connectivity index (χ3n) is 9.03. The molecule has 0 aliphatic heterocycles. The number of amides is 8. The van der Waals surface area contributed by atoms with Crippen LogP contribution in [0.25, 0.3) is 0 Å². The minimum absolute atomic E-state index is 0.00406. The van der Waals surface area contributed by atoms with Gasteiger partial charge in [0.15, 0.2) is 0 Å². The zero-order chi connectivity index (χ0) is 44.9. The Balaban J connectivity index is 1.62. The van der Waals surface area contributed by atoms with Crippen molar-refractivity contribution < 1.29 is 48.3 Å². The Morgan fingerprint density at radius 2 is 0.967 bits per heavy atom. The van der Waals surface area contributed by atoms with Crippen LogP contribution in [0.2, 0.25) is 0 Å². The first-order valence-corrected chi connectivity index (χ1v) is 19.4. The molecule has 3 rings (SSSR count). The molecule has 0 heterocycles. The molecule has 8 amide bonds. The van der Waals surface area contributed by atoms with Crippen molar-refractivity contribution in [2.24, 2.45) is 11.7 Å². The van der Waals surface area contributed by atoms with Crippen LogP contribution in [-0.4, -0.2) is 102 Å². The van der Waals surface area contributed by atoms with Gasteiger partial charge < -0.3 is 48.1 Å². The molecule has 5 atom stereocenters. The number of nitrogens with one attached hydrogen (secondary N) is 7. The molecule has 0 spiro atoms. The van der Waals surface area contributed by atoms with Crippen LogP contribution in [0.5, 0.6) is 0 Å². The monoisotopic (exact) mass is 840 g/mol. The predicted molar refractivity (Wildman–Crippen MR) is 223 cm³/mol. The van der Waals surface area contributed by atoms with Gasteiger partial charge in [0.2, 0.25) is 47.3 Å². The van der Waals surface area contributed by atoms with Crippen molar-refractivity contribution in [3.05, 3.63) is 120 Å². The third kappa shape index (κ3) is 17.6. The summed E-state index contributed by atoms with van der Waals surface area (Å²) >= 11 is 0. The van der Waals surface area contributed by atoms with Gasteiger partial charge in [0.1, 0.15) is 30.2 Å². The predicted octanol–water partition coefficient (Wildman–Crippen LogP) is -0.827. The molecule has 0 saturated carbocycles. The normalized spacial score (nSPS) is 13.3. The van der Waals surface area contributed by atoms with Gasteiger partial charge in [-0.2, -0.15) is 0 Å². The molecule has 0 bridgehead atoms. The van der Waals surface area contributed by atoms with Crippen molar-refractivity contribution in [2.75, 3.05) is 13.1 Å². The molecule has 3 aromatic rings. The van der Waals surface area contributed by atoms with Gasteiger partial charge in [-0.05, 0) is 29.5 Å². The summed E-state index contributed by atoms with van der Waals surface area (Å²) < 4.78 is 0. The van der Waals surface area contributed by atoms with E-state index >= 15 is 0 Å². The van der Waals surface area contributed by atoms with Crippen LogP contribution in [0.1, 0.15) is 37.5 Å². The Morgan fingerprint density at radius 1 is 0.525 bits per heavy atom. The first-order valence-electron chi connectivity index (χ1n) is 19.4. The van der Waals surface area contributed by atoms with Gasteiger partial charge in [-0.1, -0.05) is 105 Å². The Labute approximate surface area is 352 Å². The van der Waals surface area contributed by atoms with Crippen LogP contribution in [0.3, 0.4) is 0 Å². The number of rotatable bonds is 23. The summed E-state index contributed by atoms with van der Waals surface area (Å²) in [7, 11) is 0. The third-order valence-corrected chi connectivity index (χ3v) is 9.03. The maximum absolute atomic E-state index is 13.9. The lowest BCUT2D eigenvalue weighted by Gasteiger charge is -2.25. The summed E-state index contributed by atoms with van der Waals surface area (Å²) in [5.74, 6) is -7.73. The molecule has 0 aliphatic rings. The summed E-state index contributed by atoms with van der Waals surface area (Å²) in [6.45, 7) is 3.66. The van der Waals surface area contributed by atoms with E-state index in [0.29, 0.717) is 16.7 Å². The van der Waals surface area contributed by atoms with E-state index in [1.165, 1.54) is 6.92 Å². The smallest absolute Gasteiger partial charge is 0.326 e. The lowest BCUT2D eigenvalue weighted by molar-refractivity contribution is -0.141. The van der Waals surface area contributed by atoms with Crippen LogP contribution >= 0.6 is 0 Å². The van der Waals surface area contributed by atoms with Crippen LogP contribution in [0.15, 0.2) is 103 Å². The van der Waals surface area contributed by atoms with Crippen molar-refractivity contribution in [3.63, 3.8) is 0 Å². The average Bonchev–Trinajstić information content (AvgIpc) is 3.23. The Kier molecular flexibility index (Phi) is 19.3. The zero-order valence-corrected chi connectivity index (χ0v) is 34.0. The molecule has 0 fully saturated rings. The highest BCUT2D eigenvalue weighted by atomic mass is 16.4. The number of carbonyl (C=O) groups is 9. The van der Waals surface area contributed by atoms with Gasteiger partial charge >= 0.3 is 5.97 Å². The molecule has 0 aliphatic carbocycles. The van der Waals surface area contributed by atoms with Gasteiger partial charge in [0, 0.05) is 31.4 Å². The molecule has 5 unspecified atom stereocenters. The Morgan fingerprint density at radius 3 is 1.44 bits per heavy atom. The summed E-state index contributed by atoms with van der Waals surface area (Å²) in [5, 5.41) is 26.7. The lowest BCUT2D eigenvalue weighted by atomic mass is 10.0. The summed E-state index contributed by atoms with van der Waals surface area (Å²) in [6, 6.07) is 20.2. The van der Waals surface area contributed by atoms with Gasteiger partial charge in [-0.25, -0.2) is 4.79 Å². The minimum Gasteiger partial charge on any atom is -0.480 e. The summed E-state index contributed by atoms with van der Waals surface area (Å²) in [4.78, 5) is 114. The molecule has 324 valence electrons. The highest BCUT2D eigenvalue weighted by Gasteiger charge is 2.30. The fourth-order valence-corrected chi connectivity index (χ4v) is 5.75. The number of carboxylic acids is 1. The first kappa shape index (κ1) is 48.0. The highest BCUT2D eigenvalue weighted by Crippen LogP contribution is 2.09. The molecule has 0 radical (unpaired) electrons. The van der Waals surface area contributed by atoms with Crippen LogP contribution in [0, 0.1) is 5.92 Å². The fourth-order valence-electron chi connectivity index (χ4n) is 5.75. The number of benzene rings is 3. The van der Waals surface area contributed by atoms with Crippen LogP contribution < -0.4 is 43.0 Å². The zero-order valence-electron chi connectivity index (χ0n) is 34.0. The molecule has 0 aromatic heterocycles. The summed E-state index contributed by atoms with van der Waals surface area (Å²) in [6.07, 6.45) is 1.68. The molecule has 18 nitrogen and oxygen atoms in total. The van der Waals surface area contributed by atoms with E-state index in [-0.39, 0.29) is 25.2 Å². The van der Waals surface area contributed by atoms with E-state index < -0.39 is 96.5 Å². The minimum atomic E-state index is -1.26. The quantitative estimate of drug-likeness (QED) is 0.0535. The number of carbonyl (C=O) groups excluding carboxylic acids is 8. The van der Waals surface area contributed by atoms with Crippen LogP contribution in [-0.2, 0) is 62.4 Å². The van der Waals surface area contributed by atoms with Gasteiger partial charge in [0.05, 0.1) is 13.1 Å². The molecule has 18 heteroatoms. The SMILES string of the molecule is CC(NC(=O)C(Cc1ccccc1)NC(=O)C(Cc1ccccc1)NC(=O)C=CC(=O)NCC(=O)NCC(=O)NC(Cc1ccccc1)C(=O)O)C(=O)NC(C(N)=O)C(C)C. The van der Waals surface area contributed by atoms with Crippen molar-refractivity contribution in [3.8, 4) is 0 Å². The molecule has 0 saturated heterocycles.